The first kappa shape index (κ1) is 15.6. The van der Waals surface area contributed by atoms with Crippen LogP contribution in [0.2, 0.25) is 0 Å². The van der Waals surface area contributed by atoms with E-state index < -0.39 is 0 Å². The Morgan fingerprint density at radius 3 is 2.57 bits per heavy atom. The van der Waals surface area contributed by atoms with Crippen LogP contribution >= 0.6 is 0 Å². The number of ether oxygens (including phenoxy) is 1. The predicted octanol–water partition coefficient (Wildman–Crippen LogP) is 2.07. The van der Waals surface area contributed by atoms with Crippen LogP contribution in [0.1, 0.15) is 18.4 Å². The molecular formula is C16H25N3O2. The van der Waals surface area contributed by atoms with E-state index >= 15 is 0 Å². The summed E-state index contributed by atoms with van der Waals surface area (Å²) in [7, 11) is 5.83. The number of anilines is 1. The minimum atomic E-state index is -0.0535. The molecule has 5 nitrogen and oxygen atoms in total. The number of nitrogens with one attached hydrogen (secondary N) is 1. The van der Waals surface area contributed by atoms with E-state index in [1.165, 1.54) is 0 Å². The lowest BCUT2D eigenvalue weighted by molar-refractivity contribution is 0.0874. The zero-order valence-electron chi connectivity index (χ0n) is 13.1. The smallest absolute Gasteiger partial charge is 0.317 e. The van der Waals surface area contributed by atoms with Crippen LogP contribution in [0.4, 0.5) is 10.5 Å². The van der Waals surface area contributed by atoms with Gasteiger partial charge in [0.2, 0.25) is 0 Å². The highest BCUT2D eigenvalue weighted by molar-refractivity contribution is 5.73. The monoisotopic (exact) mass is 291 g/mol. The van der Waals surface area contributed by atoms with E-state index in [1.807, 2.05) is 33.3 Å². The Kier molecular flexibility index (Phi) is 5.44. The first-order valence-corrected chi connectivity index (χ1v) is 7.43. The van der Waals surface area contributed by atoms with Gasteiger partial charge in [-0.15, -0.1) is 0 Å². The van der Waals surface area contributed by atoms with Crippen molar-refractivity contribution >= 4 is 11.7 Å². The second-order valence-electron chi connectivity index (χ2n) is 5.74. The maximum Gasteiger partial charge on any atom is 0.317 e. The molecule has 1 aliphatic heterocycles. The fraction of sp³-hybridized carbons (Fsp3) is 0.562. The third-order valence-electron chi connectivity index (χ3n) is 3.74. The van der Waals surface area contributed by atoms with Crippen LogP contribution < -0.4 is 10.2 Å². The van der Waals surface area contributed by atoms with Crippen molar-refractivity contribution in [2.24, 2.45) is 0 Å². The highest BCUT2D eigenvalue weighted by Crippen LogP contribution is 2.13. The van der Waals surface area contributed by atoms with Gasteiger partial charge in [-0.2, -0.15) is 0 Å². The van der Waals surface area contributed by atoms with Crippen molar-refractivity contribution in [3.63, 3.8) is 0 Å². The maximum atomic E-state index is 12.0. The highest BCUT2D eigenvalue weighted by Gasteiger charge is 2.19. The summed E-state index contributed by atoms with van der Waals surface area (Å²) in [5, 5.41) is 2.94. The maximum absolute atomic E-state index is 12.0. The van der Waals surface area contributed by atoms with Gasteiger partial charge in [0.05, 0.1) is 6.10 Å². The zero-order valence-corrected chi connectivity index (χ0v) is 13.1. The molecule has 1 aromatic carbocycles. The van der Waals surface area contributed by atoms with Crippen molar-refractivity contribution < 1.29 is 9.53 Å². The topological polar surface area (TPSA) is 44.8 Å². The standard InChI is InChI=1S/C16H25N3O2/c1-18(2)14-8-6-13(7-9-14)11-17-16(20)19(3)12-15-5-4-10-21-15/h6-9,15H,4-5,10-12H2,1-3H3,(H,17,20). The van der Waals surface area contributed by atoms with Crippen molar-refractivity contribution in [1.82, 2.24) is 10.2 Å². The summed E-state index contributed by atoms with van der Waals surface area (Å²) in [4.78, 5) is 15.8. The Bertz CT molecular complexity index is 453. The summed E-state index contributed by atoms with van der Waals surface area (Å²) >= 11 is 0. The molecule has 1 fully saturated rings. The Balaban J connectivity index is 1.77. The van der Waals surface area contributed by atoms with E-state index in [2.05, 4.69) is 22.3 Å². The summed E-state index contributed by atoms with van der Waals surface area (Å²) in [6, 6.07) is 8.13. The van der Waals surface area contributed by atoms with Gasteiger partial charge in [0.25, 0.3) is 0 Å². The normalized spacial score (nSPS) is 17.6. The Labute approximate surface area is 126 Å². The minimum Gasteiger partial charge on any atom is -0.378 e. The number of carbonyl (C=O) groups excluding carboxylic acids is 1. The van der Waals surface area contributed by atoms with Crippen LogP contribution in [-0.2, 0) is 11.3 Å². The van der Waals surface area contributed by atoms with E-state index in [1.54, 1.807) is 4.90 Å². The molecule has 1 aromatic rings. The number of urea groups is 1. The molecule has 0 radical (unpaired) electrons. The first-order valence-electron chi connectivity index (χ1n) is 7.43. The van der Waals surface area contributed by atoms with Crippen LogP contribution in [-0.4, -0.2) is 51.3 Å². The summed E-state index contributed by atoms with van der Waals surface area (Å²) in [6.07, 6.45) is 2.34. The molecule has 21 heavy (non-hydrogen) atoms. The van der Waals surface area contributed by atoms with Gasteiger partial charge >= 0.3 is 6.03 Å². The molecule has 5 heteroatoms. The fourth-order valence-corrected chi connectivity index (χ4v) is 2.40. The summed E-state index contributed by atoms with van der Waals surface area (Å²) < 4.78 is 5.55. The van der Waals surface area contributed by atoms with Gasteiger partial charge in [-0.25, -0.2) is 4.79 Å². The first-order chi connectivity index (χ1) is 10.1. The van der Waals surface area contributed by atoms with E-state index in [9.17, 15) is 4.79 Å². The number of amides is 2. The Hall–Kier alpha value is -1.75. The second-order valence-corrected chi connectivity index (χ2v) is 5.74. The molecule has 2 amide bonds. The Morgan fingerprint density at radius 1 is 1.29 bits per heavy atom. The molecule has 1 saturated heterocycles. The number of likely N-dealkylation sites (N-methyl/N-ethyl adjacent to an activating group) is 1. The third kappa shape index (κ3) is 4.63. The molecule has 1 atom stereocenters. The van der Waals surface area contributed by atoms with Crippen LogP contribution in [0.5, 0.6) is 0 Å². The van der Waals surface area contributed by atoms with Crippen LogP contribution in [0, 0.1) is 0 Å². The molecule has 1 N–H and O–H groups in total. The van der Waals surface area contributed by atoms with Crippen LogP contribution in [0.15, 0.2) is 24.3 Å². The van der Waals surface area contributed by atoms with Crippen molar-refractivity contribution in [3.8, 4) is 0 Å². The molecule has 1 unspecified atom stereocenters. The quantitative estimate of drug-likeness (QED) is 0.903. The number of nitrogens with zero attached hydrogens (tertiary/aromatic N) is 2. The van der Waals surface area contributed by atoms with Crippen LogP contribution in [0.25, 0.3) is 0 Å². The number of carbonyl (C=O) groups is 1. The summed E-state index contributed by atoms with van der Waals surface area (Å²) in [6.45, 7) is 2.02. The van der Waals surface area contributed by atoms with Gasteiger partial charge in [0.15, 0.2) is 0 Å². The summed E-state index contributed by atoms with van der Waals surface area (Å²) in [5.41, 5.74) is 2.25. The SMILES string of the molecule is CN(CC1CCCO1)C(=O)NCc1ccc(N(C)C)cc1. The Morgan fingerprint density at radius 2 is 2.00 bits per heavy atom. The molecule has 116 valence electrons. The molecule has 1 aliphatic rings. The number of rotatable bonds is 5. The number of hydrogen-bond donors (Lipinski definition) is 1. The molecule has 0 bridgehead atoms. The third-order valence-corrected chi connectivity index (χ3v) is 3.74. The van der Waals surface area contributed by atoms with Gasteiger partial charge in [-0.05, 0) is 30.5 Å². The number of benzene rings is 1. The van der Waals surface area contributed by atoms with Crippen molar-refractivity contribution in [1.29, 1.82) is 0 Å². The highest BCUT2D eigenvalue weighted by atomic mass is 16.5. The molecule has 0 aliphatic carbocycles. The molecule has 2 rings (SSSR count). The summed E-state index contributed by atoms with van der Waals surface area (Å²) in [5.74, 6) is 0. The van der Waals surface area contributed by atoms with Gasteiger partial charge < -0.3 is 19.9 Å². The second kappa shape index (κ2) is 7.31. The van der Waals surface area contributed by atoms with E-state index in [0.29, 0.717) is 13.1 Å². The molecule has 1 heterocycles. The minimum absolute atomic E-state index is 0.0535. The van der Waals surface area contributed by atoms with Gasteiger partial charge in [0.1, 0.15) is 0 Å². The van der Waals surface area contributed by atoms with Gasteiger partial charge in [0, 0.05) is 46.5 Å². The van der Waals surface area contributed by atoms with Crippen molar-refractivity contribution in [2.75, 3.05) is 39.2 Å². The van der Waals surface area contributed by atoms with Gasteiger partial charge in [-0.1, -0.05) is 12.1 Å². The van der Waals surface area contributed by atoms with E-state index in [-0.39, 0.29) is 12.1 Å². The lowest BCUT2D eigenvalue weighted by Crippen LogP contribution is -2.40. The van der Waals surface area contributed by atoms with Crippen molar-refractivity contribution in [2.45, 2.75) is 25.5 Å². The van der Waals surface area contributed by atoms with E-state index in [0.717, 1.165) is 30.7 Å². The average molecular weight is 291 g/mol. The largest absolute Gasteiger partial charge is 0.378 e. The molecule has 0 spiro atoms. The van der Waals surface area contributed by atoms with Crippen molar-refractivity contribution in [3.05, 3.63) is 29.8 Å². The average Bonchev–Trinajstić information content (AvgIpc) is 2.98. The lowest BCUT2D eigenvalue weighted by Gasteiger charge is -2.21. The predicted molar refractivity (Wildman–Crippen MR) is 84.6 cm³/mol. The lowest BCUT2D eigenvalue weighted by atomic mass is 10.2. The van der Waals surface area contributed by atoms with E-state index in [4.69, 9.17) is 4.74 Å². The van der Waals surface area contributed by atoms with Gasteiger partial charge in [-0.3, -0.25) is 0 Å². The van der Waals surface area contributed by atoms with Crippen LogP contribution in [0.3, 0.4) is 0 Å². The number of hydrogen-bond acceptors (Lipinski definition) is 3. The molecule has 0 saturated carbocycles. The zero-order chi connectivity index (χ0) is 15.2. The molecular weight excluding hydrogens is 266 g/mol. The molecule has 0 aromatic heterocycles. The fourth-order valence-electron chi connectivity index (χ4n) is 2.40.